The van der Waals surface area contributed by atoms with Crippen LogP contribution < -0.4 is 0 Å². The predicted octanol–water partition coefficient (Wildman–Crippen LogP) is 0.935. The van der Waals surface area contributed by atoms with Crippen molar-refractivity contribution < 1.29 is 14.6 Å². The highest BCUT2D eigenvalue weighted by atomic mass is 16.5. The fourth-order valence-electron chi connectivity index (χ4n) is 2.13. The normalized spacial score (nSPS) is 17.2. The number of ether oxygens (including phenoxy) is 1. The van der Waals surface area contributed by atoms with E-state index in [1.54, 1.807) is 0 Å². The molecule has 80 valence electrons. The van der Waals surface area contributed by atoms with E-state index in [0.29, 0.717) is 0 Å². The molecule has 15 heavy (non-hydrogen) atoms. The summed E-state index contributed by atoms with van der Waals surface area (Å²) in [5.41, 5.74) is 2.45. The van der Waals surface area contributed by atoms with Crippen molar-refractivity contribution in [2.75, 3.05) is 7.11 Å². The first-order valence-electron chi connectivity index (χ1n) is 5.05. The van der Waals surface area contributed by atoms with Crippen molar-refractivity contribution in [1.29, 1.82) is 0 Å². The Bertz CT molecular complexity index is 348. The fourth-order valence-corrected chi connectivity index (χ4v) is 2.13. The molecule has 1 aromatic rings. The Hall–Kier alpha value is -1.35. The first-order chi connectivity index (χ1) is 7.22. The number of fused-ring (bicyclic) bond motifs is 1. The molecule has 0 fully saturated rings. The van der Waals surface area contributed by atoms with Crippen LogP contribution in [0.25, 0.3) is 0 Å². The summed E-state index contributed by atoms with van der Waals surface area (Å²) < 4.78 is 4.53. The van der Waals surface area contributed by atoms with Crippen molar-refractivity contribution in [1.82, 2.24) is 0 Å². The molecule has 0 radical (unpaired) electrons. The highest BCUT2D eigenvalue weighted by Gasteiger charge is 2.32. The lowest BCUT2D eigenvalue weighted by Gasteiger charge is -2.14. The molecule has 1 aliphatic rings. The largest absolute Gasteiger partial charge is 0.467 e. The second-order valence-corrected chi connectivity index (χ2v) is 3.91. The summed E-state index contributed by atoms with van der Waals surface area (Å²) >= 11 is 0. The zero-order chi connectivity index (χ0) is 10.8. The van der Waals surface area contributed by atoms with Crippen LogP contribution in [0.5, 0.6) is 0 Å². The minimum atomic E-state index is -0.998. The zero-order valence-electron chi connectivity index (χ0n) is 8.64. The van der Waals surface area contributed by atoms with E-state index in [1.165, 1.54) is 18.2 Å². The lowest BCUT2D eigenvalue weighted by Crippen LogP contribution is -2.31. The monoisotopic (exact) mass is 206 g/mol. The van der Waals surface area contributed by atoms with Gasteiger partial charge in [0.2, 0.25) is 0 Å². The van der Waals surface area contributed by atoms with Gasteiger partial charge in [-0.05, 0) is 24.0 Å². The lowest BCUT2D eigenvalue weighted by atomic mass is 9.99. The third-order valence-electron chi connectivity index (χ3n) is 2.97. The molecule has 0 heterocycles. The SMILES string of the molecule is COC(=O)C(O)C1Cc2ccccc2C1. The number of hydrogen-bond donors (Lipinski definition) is 1. The molecule has 0 saturated heterocycles. The van der Waals surface area contributed by atoms with Crippen LogP contribution in [0, 0.1) is 5.92 Å². The molecule has 2 rings (SSSR count). The van der Waals surface area contributed by atoms with Gasteiger partial charge < -0.3 is 9.84 Å². The first-order valence-corrected chi connectivity index (χ1v) is 5.05. The Labute approximate surface area is 88.7 Å². The number of carbonyl (C=O) groups excluding carboxylic acids is 1. The van der Waals surface area contributed by atoms with Gasteiger partial charge in [-0.2, -0.15) is 0 Å². The molecule has 3 heteroatoms. The van der Waals surface area contributed by atoms with Crippen LogP contribution >= 0.6 is 0 Å². The quantitative estimate of drug-likeness (QED) is 0.732. The Kier molecular flexibility index (Phi) is 2.73. The highest BCUT2D eigenvalue weighted by Crippen LogP contribution is 2.28. The number of rotatable bonds is 2. The average molecular weight is 206 g/mol. The second kappa shape index (κ2) is 4.03. The van der Waals surface area contributed by atoms with Crippen molar-refractivity contribution in [3.05, 3.63) is 35.4 Å². The molecule has 0 amide bonds. The molecule has 0 aliphatic heterocycles. The van der Waals surface area contributed by atoms with E-state index in [2.05, 4.69) is 4.74 Å². The maximum Gasteiger partial charge on any atom is 0.334 e. The molecular formula is C12H14O3. The van der Waals surface area contributed by atoms with Crippen LogP contribution in [0.1, 0.15) is 11.1 Å². The van der Waals surface area contributed by atoms with E-state index < -0.39 is 12.1 Å². The summed E-state index contributed by atoms with van der Waals surface area (Å²) in [4.78, 5) is 11.2. The number of aliphatic hydroxyl groups excluding tert-OH is 1. The molecule has 1 unspecified atom stereocenters. The van der Waals surface area contributed by atoms with Gasteiger partial charge in [0, 0.05) is 5.92 Å². The lowest BCUT2D eigenvalue weighted by molar-refractivity contribution is -0.153. The van der Waals surface area contributed by atoms with Gasteiger partial charge in [0.15, 0.2) is 6.10 Å². The number of aliphatic hydroxyl groups is 1. The fraction of sp³-hybridized carbons (Fsp3) is 0.417. The van der Waals surface area contributed by atoms with Gasteiger partial charge in [-0.15, -0.1) is 0 Å². The van der Waals surface area contributed by atoms with Crippen molar-refractivity contribution >= 4 is 5.97 Å². The number of methoxy groups -OCH3 is 1. The number of carbonyl (C=O) groups is 1. The summed E-state index contributed by atoms with van der Waals surface area (Å²) in [6.07, 6.45) is 0.515. The van der Waals surface area contributed by atoms with Gasteiger partial charge in [0.05, 0.1) is 7.11 Å². The van der Waals surface area contributed by atoms with Gasteiger partial charge >= 0.3 is 5.97 Å². The van der Waals surface area contributed by atoms with Crippen molar-refractivity contribution in [3.8, 4) is 0 Å². The smallest absolute Gasteiger partial charge is 0.334 e. The van der Waals surface area contributed by atoms with E-state index in [4.69, 9.17) is 0 Å². The summed E-state index contributed by atoms with van der Waals surface area (Å²) in [5, 5.41) is 9.72. The maximum atomic E-state index is 11.2. The van der Waals surface area contributed by atoms with Crippen LogP contribution in [-0.4, -0.2) is 24.3 Å². The molecule has 0 spiro atoms. The van der Waals surface area contributed by atoms with Crippen LogP contribution in [0.2, 0.25) is 0 Å². The van der Waals surface area contributed by atoms with Gasteiger partial charge in [-0.1, -0.05) is 24.3 Å². The average Bonchev–Trinajstić information content (AvgIpc) is 2.70. The van der Waals surface area contributed by atoms with Gasteiger partial charge in [-0.25, -0.2) is 4.79 Å². The standard InChI is InChI=1S/C12H14O3/c1-15-12(14)11(13)10-6-8-4-2-3-5-9(8)7-10/h2-5,10-11,13H,6-7H2,1H3. The van der Waals surface area contributed by atoms with Crippen molar-refractivity contribution in [2.45, 2.75) is 18.9 Å². The van der Waals surface area contributed by atoms with Crippen LogP contribution in [0.4, 0.5) is 0 Å². The molecule has 0 bridgehead atoms. The third kappa shape index (κ3) is 1.88. The van der Waals surface area contributed by atoms with E-state index in [1.807, 2.05) is 24.3 Å². The summed E-state index contributed by atoms with van der Waals surface area (Å²) in [5.74, 6) is -0.567. The summed E-state index contributed by atoms with van der Waals surface area (Å²) in [6, 6.07) is 8.04. The van der Waals surface area contributed by atoms with E-state index in [0.717, 1.165) is 12.8 Å². The molecule has 1 aliphatic carbocycles. The van der Waals surface area contributed by atoms with Gasteiger partial charge in [-0.3, -0.25) is 0 Å². The molecular weight excluding hydrogens is 192 g/mol. The summed E-state index contributed by atoms with van der Waals surface area (Å²) in [7, 11) is 1.30. The van der Waals surface area contributed by atoms with Gasteiger partial charge in [0.25, 0.3) is 0 Å². The van der Waals surface area contributed by atoms with Gasteiger partial charge in [0.1, 0.15) is 0 Å². The highest BCUT2D eigenvalue weighted by molar-refractivity contribution is 5.74. The zero-order valence-corrected chi connectivity index (χ0v) is 8.64. The van der Waals surface area contributed by atoms with E-state index in [9.17, 15) is 9.90 Å². The molecule has 3 nitrogen and oxygen atoms in total. The number of benzene rings is 1. The van der Waals surface area contributed by atoms with Crippen LogP contribution in [0.15, 0.2) is 24.3 Å². The summed E-state index contributed by atoms with van der Waals surface area (Å²) in [6.45, 7) is 0. The minimum Gasteiger partial charge on any atom is -0.467 e. The molecule has 0 saturated carbocycles. The Morgan fingerprint density at radius 3 is 2.40 bits per heavy atom. The molecule has 0 aromatic heterocycles. The predicted molar refractivity (Wildman–Crippen MR) is 55.4 cm³/mol. The van der Waals surface area contributed by atoms with E-state index in [-0.39, 0.29) is 5.92 Å². The molecule has 1 N–H and O–H groups in total. The van der Waals surface area contributed by atoms with E-state index >= 15 is 0 Å². The Balaban J connectivity index is 2.10. The van der Waals surface area contributed by atoms with Crippen LogP contribution in [-0.2, 0) is 22.4 Å². The first kappa shape index (κ1) is 10.2. The Morgan fingerprint density at radius 2 is 1.93 bits per heavy atom. The van der Waals surface area contributed by atoms with Crippen molar-refractivity contribution in [3.63, 3.8) is 0 Å². The number of hydrogen-bond acceptors (Lipinski definition) is 3. The van der Waals surface area contributed by atoms with Crippen LogP contribution in [0.3, 0.4) is 0 Å². The maximum absolute atomic E-state index is 11.2. The molecule has 1 atom stereocenters. The second-order valence-electron chi connectivity index (χ2n) is 3.91. The number of esters is 1. The van der Waals surface area contributed by atoms with Crippen molar-refractivity contribution in [2.24, 2.45) is 5.92 Å². The molecule has 1 aromatic carbocycles. The third-order valence-corrected chi connectivity index (χ3v) is 2.97. The Morgan fingerprint density at radius 1 is 1.40 bits per heavy atom. The topological polar surface area (TPSA) is 46.5 Å². The minimum absolute atomic E-state index is 0.0325.